The van der Waals surface area contributed by atoms with Gasteiger partial charge >= 0.3 is 0 Å². The molecule has 0 radical (unpaired) electrons. The standard InChI is InChI=1S/C26H27ClF2N4O4/c1-3-21-19(14-37-32-21)24(34)31-23(17-5-4-11-26(28,29)13-17)25(35)30-18-8-6-16(7-9-18)22-15(2)33(36)12-10-20(22)27/h6-10,12,14,17,23H,3-5,11,13H2,1-2H3,(H,30,35)(H,31,34)/t17-,23+/m1/s1. The summed E-state index contributed by atoms with van der Waals surface area (Å²) in [5, 5.41) is 21.5. The van der Waals surface area contributed by atoms with Gasteiger partial charge in [0, 0.05) is 31.5 Å². The summed E-state index contributed by atoms with van der Waals surface area (Å²) in [5.41, 5.74) is 2.63. The Bertz CT molecular complexity index is 1300. The average Bonchev–Trinajstić information content (AvgIpc) is 3.34. The van der Waals surface area contributed by atoms with Crippen molar-refractivity contribution in [3.63, 3.8) is 0 Å². The maximum absolute atomic E-state index is 14.2. The van der Waals surface area contributed by atoms with Gasteiger partial charge in [0.15, 0.2) is 11.9 Å². The smallest absolute Gasteiger partial charge is 0.257 e. The molecule has 1 aromatic carbocycles. The number of alkyl halides is 2. The number of pyridine rings is 1. The molecule has 0 bridgehead atoms. The second kappa shape index (κ2) is 10.8. The van der Waals surface area contributed by atoms with Gasteiger partial charge < -0.3 is 20.4 Å². The monoisotopic (exact) mass is 532 g/mol. The van der Waals surface area contributed by atoms with Gasteiger partial charge in [0.25, 0.3) is 5.91 Å². The summed E-state index contributed by atoms with van der Waals surface area (Å²) in [6, 6.07) is 6.93. The van der Waals surface area contributed by atoms with Crippen molar-refractivity contribution in [2.75, 3.05) is 5.32 Å². The highest BCUT2D eigenvalue weighted by molar-refractivity contribution is 6.33. The van der Waals surface area contributed by atoms with E-state index in [0.29, 0.717) is 50.8 Å². The Morgan fingerprint density at radius 3 is 2.70 bits per heavy atom. The molecule has 0 saturated heterocycles. The Balaban J connectivity index is 1.56. The number of rotatable bonds is 7. The molecule has 196 valence electrons. The average molecular weight is 533 g/mol. The van der Waals surface area contributed by atoms with Crippen LogP contribution in [-0.4, -0.2) is 28.9 Å². The minimum Gasteiger partial charge on any atom is -0.618 e. The Hall–Kier alpha value is -3.53. The molecule has 1 aliphatic rings. The van der Waals surface area contributed by atoms with Crippen LogP contribution in [0.4, 0.5) is 14.5 Å². The molecule has 11 heteroatoms. The number of hydrogen-bond acceptors (Lipinski definition) is 5. The molecule has 2 N–H and O–H groups in total. The van der Waals surface area contributed by atoms with Gasteiger partial charge in [-0.15, -0.1) is 0 Å². The highest BCUT2D eigenvalue weighted by atomic mass is 35.5. The lowest BCUT2D eigenvalue weighted by Gasteiger charge is -2.34. The third kappa shape index (κ3) is 5.90. The largest absolute Gasteiger partial charge is 0.618 e. The van der Waals surface area contributed by atoms with Gasteiger partial charge in [0.1, 0.15) is 17.9 Å². The van der Waals surface area contributed by atoms with Gasteiger partial charge in [-0.05, 0) is 42.9 Å². The summed E-state index contributed by atoms with van der Waals surface area (Å²) in [4.78, 5) is 26.2. The first-order chi connectivity index (χ1) is 17.6. The summed E-state index contributed by atoms with van der Waals surface area (Å²) in [7, 11) is 0. The number of hydrogen-bond donors (Lipinski definition) is 2. The van der Waals surface area contributed by atoms with Gasteiger partial charge in [0.05, 0.1) is 16.3 Å². The molecule has 2 atom stereocenters. The van der Waals surface area contributed by atoms with E-state index in [0.717, 1.165) is 0 Å². The first-order valence-electron chi connectivity index (χ1n) is 12.0. The minimum atomic E-state index is -2.91. The van der Waals surface area contributed by atoms with Gasteiger partial charge in [0.2, 0.25) is 11.8 Å². The molecule has 8 nitrogen and oxygen atoms in total. The summed E-state index contributed by atoms with van der Waals surface area (Å²) < 4.78 is 34.1. The lowest BCUT2D eigenvalue weighted by molar-refractivity contribution is -0.611. The number of aryl methyl sites for hydroxylation is 1. The molecule has 2 aromatic heterocycles. The van der Waals surface area contributed by atoms with Gasteiger partial charge in [-0.25, -0.2) is 8.78 Å². The fraction of sp³-hybridized carbons (Fsp3) is 0.385. The van der Waals surface area contributed by atoms with E-state index in [2.05, 4.69) is 15.8 Å². The van der Waals surface area contributed by atoms with E-state index in [9.17, 15) is 23.6 Å². The zero-order chi connectivity index (χ0) is 26.7. The highest BCUT2D eigenvalue weighted by Gasteiger charge is 2.42. The molecular formula is C26H27ClF2N4O4. The van der Waals surface area contributed by atoms with Crippen molar-refractivity contribution in [1.82, 2.24) is 10.5 Å². The molecule has 37 heavy (non-hydrogen) atoms. The van der Waals surface area contributed by atoms with Gasteiger partial charge in [-0.1, -0.05) is 35.8 Å². The van der Waals surface area contributed by atoms with Crippen LogP contribution in [0, 0.1) is 18.0 Å². The van der Waals surface area contributed by atoms with E-state index < -0.39 is 36.1 Å². The third-order valence-corrected chi connectivity index (χ3v) is 6.99. The van der Waals surface area contributed by atoms with Crippen LogP contribution < -0.4 is 15.4 Å². The van der Waals surface area contributed by atoms with E-state index >= 15 is 0 Å². The first kappa shape index (κ1) is 26.5. The fourth-order valence-electron chi connectivity index (χ4n) is 4.71. The Labute approximate surface area is 217 Å². The second-order valence-electron chi connectivity index (χ2n) is 9.21. The van der Waals surface area contributed by atoms with E-state index in [1.54, 1.807) is 38.1 Å². The molecule has 1 aliphatic carbocycles. The maximum atomic E-state index is 14.2. The molecule has 1 saturated carbocycles. The van der Waals surface area contributed by atoms with Crippen molar-refractivity contribution in [3.05, 3.63) is 70.0 Å². The topological polar surface area (TPSA) is 111 Å². The first-order valence-corrected chi connectivity index (χ1v) is 12.4. The normalized spacial score (nSPS) is 17.7. The molecule has 4 rings (SSSR count). The number of halogens is 3. The molecule has 0 unspecified atom stereocenters. The quantitative estimate of drug-likeness (QED) is 0.326. The van der Waals surface area contributed by atoms with Crippen LogP contribution in [0.3, 0.4) is 0 Å². The van der Waals surface area contributed by atoms with Crippen LogP contribution >= 0.6 is 11.6 Å². The maximum Gasteiger partial charge on any atom is 0.257 e. The zero-order valence-corrected chi connectivity index (χ0v) is 21.1. The lowest BCUT2D eigenvalue weighted by atomic mass is 9.81. The van der Waals surface area contributed by atoms with E-state index in [1.807, 2.05) is 0 Å². The number of nitrogens with one attached hydrogen (secondary N) is 2. The number of aromatic nitrogens is 2. The summed E-state index contributed by atoms with van der Waals surface area (Å²) >= 11 is 6.29. The van der Waals surface area contributed by atoms with Crippen LogP contribution in [0.5, 0.6) is 0 Å². The number of carbonyl (C=O) groups excluding carboxylic acids is 2. The zero-order valence-electron chi connectivity index (χ0n) is 20.4. The van der Waals surface area contributed by atoms with E-state index in [1.165, 1.54) is 18.5 Å². The van der Waals surface area contributed by atoms with Crippen LogP contribution in [0.25, 0.3) is 11.1 Å². The van der Waals surface area contributed by atoms with Crippen molar-refractivity contribution in [3.8, 4) is 11.1 Å². The van der Waals surface area contributed by atoms with E-state index in [4.69, 9.17) is 16.1 Å². The minimum absolute atomic E-state index is 0.165. The number of benzene rings is 1. The van der Waals surface area contributed by atoms with Gasteiger partial charge in [-0.3, -0.25) is 9.59 Å². The number of nitrogens with zero attached hydrogens (tertiary/aromatic N) is 2. The molecule has 0 spiro atoms. The van der Waals surface area contributed by atoms with Crippen LogP contribution in [-0.2, 0) is 11.2 Å². The van der Waals surface area contributed by atoms with Crippen molar-refractivity contribution in [2.24, 2.45) is 5.92 Å². The third-order valence-electron chi connectivity index (χ3n) is 6.67. The van der Waals surface area contributed by atoms with Gasteiger partial charge in [-0.2, -0.15) is 4.73 Å². The van der Waals surface area contributed by atoms with Crippen molar-refractivity contribution < 1.29 is 27.6 Å². The van der Waals surface area contributed by atoms with Crippen molar-refractivity contribution in [2.45, 2.75) is 57.9 Å². The predicted molar refractivity (Wildman–Crippen MR) is 133 cm³/mol. The Kier molecular flexibility index (Phi) is 7.77. The summed E-state index contributed by atoms with van der Waals surface area (Å²) in [6.07, 6.45) is 2.80. The van der Waals surface area contributed by atoms with E-state index in [-0.39, 0.29) is 18.4 Å². The Morgan fingerprint density at radius 1 is 1.30 bits per heavy atom. The fourth-order valence-corrected chi connectivity index (χ4v) is 5.01. The van der Waals surface area contributed by atoms with Crippen LogP contribution in [0.2, 0.25) is 5.02 Å². The SMILES string of the molecule is CCc1nocc1C(=O)N[C@H](C(=O)Nc1ccc(-c2c(Cl)cc[n+]([O-])c2C)cc1)[C@@H]1CCCC(F)(F)C1. The number of amides is 2. The molecular weight excluding hydrogens is 506 g/mol. The summed E-state index contributed by atoms with van der Waals surface area (Å²) in [6.45, 7) is 3.45. The van der Waals surface area contributed by atoms with Crippen LogP contribution in [0.1, 0.15) is 54.4 Å². The molecule has 1 fully saturated rings. The predicted octanol–water partition coefficient (Wildman–Crippen LogP) is 5.06. The molecule has 2 heterocycles. The van der Waals surface area contributed by atoms with Crippen molar-refractivity contribution in [1.29, 1.82) is 0 Å². The summed E-state index contributed by atoms with van der Waals surface area (Å²) in [5.74, 6) is -4.88. The molecule has 3 aromatic rings. The lowest BCUT2D eigenvalue weighted by Crippen LogP contribution is -2.51. The highest BCUT2D eigenvalue weighted by Crippen LogP contribution is 2.38. The van der Waals surface area contributed by atoms with Crippen LogP contribution in [0.15, 0.2) is 47.3 Å². The Morgan fingerprint density at radius 2 is 2.03 bits per heavy atom. The van der Waals surface area contributed by atoms with Crippen molar-refractivity contribution >= 4 is 29.1 Å². The number of anilines is 1. The molecule has 2 amide bonds. The molecule has 0 aliphatic heterocycles. The number of carbonyl (C=O) groups is 2. The second-order valence-corrected chi connectivity index (χ2v) is 9.62.